The first-order chi connectivity index (χ1) is 41.5. The van der Waals surface area contributed by atoms with Crippen LogP contribution in [-0.2, 0) is 0 Å². The zero-order valence-electron chi connectivity index (χ0n) is 45.7. The van der Waals surface area contributed by atoms with Gasteiger partial charge in [0.25, 0.3) is 0 Å². The molecule has 12 aromatic carbocycles. The third kappa shape index (κ3) is 8.21. The Hall–Kier alpha value is -10.7. The van der Waals surface area contributed by atoms with E-state index in [9.17, 15) is 0 Å². The van der Waals surface area contributed by atoms with Gasteiger partial charge in [0.1, 0.15) is 11.6 Å². The molecular weight excluding hydrogens is 1030 g/mol. The Morgan fingerprint density at radius 2 is 0.821 bits per heavy atom. The zero-order chi connectivity index (χ0) is 55.8. The third-order valence-corrected chi connectivity index (χ3v) is 17.5. The molecule has 0 aromatic heterocycles. The Balaban J connectivity index is 0.880. The molecule has 4 aliphatic carbocycles. The van der Waals surface area contributed by atoms with E-state index in [0.717, 1.165) is 111 Å². The standard InChI is InChI=1S/C80H52F2N2/c81-59-23-13-25-61(49-59)83(77-45-39-57(67-31-9-19-51-15-1-5-27-63(51)67)47-73(77)69-33-11-21-53-17-3-7-29-65(53)69)75-43-37-55-36-42-72-76(44-38-56-35-41-71(75)79(55)80(56)72)84(62-26-14-24-60(82)50-62)78-46-40-58(68-32-10-20-52-16-2-6-28-64(52)68)48-74(78)70-34-12-22-54-18-4-8-30-66(54)70/h1-50,75,80H. The second-order valence-electron chi connectivity index (χ2n) is 22.1. The Morgan fingerprint density at radius 3 is 1.39 bits per heavy atom. The van der Waals surface area contributed by atoms with Gasteiger partial charge in [-0.3, -0.25) is 0 Å². The number of fused-ring (bicyclic) bond motifs is 4. The van der Waals surface area contributed by atoms with E-state index in [-0.39, 0.29) is 23.6 Å². The van der Waals surface area contributed by atoms with Crippen LogP contribution in [0.4, 0.5) is 31.5 Å². The summed E-state index contributed by atoms with van der Waals surface area (Å²) in [7, 11) is 0. The van der Waals surface area contributed by atoms with Crippen LogP contribution in [0.5, 0.6) is 0 Å². The van der Waals surface area contributed by atoms with Crippen LogP contribution >= 0.6 is 0 Å². The molecule has 12 aromatic rings. The molecule has 0 saturated carbocycles. The maximum Gasteiger partial charge on any atom is 0.125 e. The lowest BCUT2D eigenvalue weighted by atomic mass is 9.67. The third-order valence-electron chi connectivity index (χ3n) is 17.5. The van der Waals surface area contributed by atoms with Crippen LogP contribution in [0.25, 0.3) is 87.6 Å². The van der Waals surface area contributed by atoms with Crippen LogP contribution < -0.4 is 9.80 Å². The van der Waals surface area contributed by atoms with Crippen molar-refractivity contribution in [3.05, 3.63) is 349 Å². The average Bonchev–Trinajstić information content (AvgIpc) is 1.07. The number of rotatable bonds is 10. The maximum atomic E-state index is 16.0. The fourth-order valence-corrected chi connectivity index (χ4v) is 13.7. The van der Waals surface area contributed by atoms with Crippen molar-refractivity contribution in [3.63, 3.8) is 0 Å². The smallest absolute Gasteiger partial charge is 0.125 e. The molecule has 16 rings (SSSR count). The number of hydrogen-bond acceptors (Lipinski definition) is 2. The highest BCUT2D eigenvalue weighted by Crippen LogP contribution is 2.54. The average molecular weight is 1080 g/mol. The van der Waals surface area contributed by atoms with Crippen LogP contribution in [0.2, 0.25) is 0 Å². The lowest BCUT2D eigenvalue weighted by Gasteiger charge is -2.44. The Kier molecular flexibility index (Phi) is 11.8. The summed E-state index contributed by atoms with van der Waals surface area (Å²) in [4.78, 5) is 4.61. The van der Waals surface area contributed by atoms with Gasteiger partial charge in [0, 0.05) is 34.1 Å². The van der Waals surface area contributed by atoms with Crippen molar-refractivity contribution >= 4 is 65.8 Å². The number of benzene rings is 12. The summed E-state index contributed by atoms with van der Waals surface area (Å²) in [5.41, 5.74) is 18.7. The summed E-state index contributed by atoms with van der Waals surface area (Å²) < 4.78 is 32.1. The van der Waals surface area contributed by atoms with Gasteiger partial charge in [0.05, 0.1) is 17.4 Å². The molecule has 84 heavy (non-hydrogen) atoms. The van der Waals surface area contributed by atoms with Crippen molar-refractivity contribution in [2.45, 2.75) is 6.04 Å². The van der Waals surface area contributed by atoms with Crippen LogP contribution in [0, 0.1) is 17.6 Å². The number of hydrogen-bond donors (Lipinski definition) is 0. The van der Waals surface area contributed by atoms with Crippen LogP contribution in [0.15, 0.2) is 337 Å². The lowest BCUT2D eigenvalue weighted by Crippen LogP contribution is -2.37. The van der Waals surface area contributed by atoms with Gasteiger partial charge in [-0.1, -0.05) is 237 Å². The molecule has 2 atom stereocenters. The molecule has 0 radical (unpaired) electrons. The van der Waals surface area contributed by atoms with Crippen molar-refractivity contribution in [2.75, 3.05) is 9.80 Å². The molecular formula is C80H52F2N2. The van der Waals surface area contributed by atoms with E-state index < -0.39 is 0 Å². The minimum atomic E-state index is -0.360. The van der Waals surface area contributed by atoms with Gasteiger partial charge in [0.2, 0.25) is 0 Å². The zero-order valence-corrected chi connectivity index (χ0v) is 45.7. The van der Waals surface area contributed by atoms with E-state index in [4.69, 9.17) is 0 Å². The molecule has 396 valence electrons. The normalized spacial score (nSPS) is 15.9. The molecule has 0 heterocycles. The molecule has 0 aliphatic heterocycles. The molecule has 0 saturated heterocycles. The largest absolute Gasteiger partial charge is 0.330 e. The van der Waals surface area contributed by atoms with Gasteiger partial charge in [-0.15, -0.1) is 0 Å². The van der Waals surface area contributed by atoms with Crippen LogP contribution in [0.3, 0.4) is 0 Å². The molecule has 2 nitrogen and oxygen atoms in total. The Bertz CT molecular complexity index is 4950. The summed E-state index contributed by atoms with van der Waals surface area (Å²) in [6, 6.07) is 87.5. The van der Waals surface area contributed by atoms with Gasteiger partial charge in [0.15, 0.2) is 0 Å². The second-order valence-corrected chi connectivity index (χ2v) is 22.1. The molecule has 4 heteroatoms. The number of nitrogens with zero attached hydrogens (tertiary/aromatic N) is 2. The Labute approximate surface area is 486 Å². The highest BCUT2D eigenvalue weighted by Gasteiger charge is 2.41. The van der Waals surface area contributed by atoms with Crippen molar-refractivity contribution in [1.29, 1.82) is 0 Å². The van der Waals surface area contributed by atoms with Crippen LogP contribution in [0.1, 0.15) is 0 Å². The summed E-state index contributed by atoms with van der Waals surface area (Å²) in [5, 5.41) is 9.24. The molecule has 0 bridgehead atoms. The predicted octanol–water partition coefficient (Wildman–Crippen LogP) is 21.3. The minimum absolute atomic E-state index is 0.176. The number of anilines is 4. The van der Waals surface area contributed by atoms with Gasteiger partial charge >= 0.3 is 0 Å². The van der Waals surface area contributed by atoms with E-state index in [1.165, 1.54) is 39.3 Å². The molecule has 0 N–H and O–H groups in total. The van der Waals surface area contributed by atoms with E-state index in [0.29, 0.717) is 5.69 Å². The van der Waals surface area contributed by atoms with Gasteiger partial charge in [-0.25, -0.2) is 8.78 Å². The SMILES string of the molecule is Fc1cccc(N(C2=C3C=CC4=C5C(=CC=C(C=C2)C35)C(N(c2cccc(F)c2)c2ccc(-c3cccc5ccccc35)cc2-c2cccc3ccccc23)C=C4)c2ccc(-c3cccc4ccccc34)cc2-c2cccc3ccccc23)c1. The first-order valence-corrected chi connectivity index (χ1v) is 28.8. The van der Waals surface area contributed by atoms with Gasteiger partial charge in [-0.05, 0) is 171 Å². The topological polar surface area (TPSA) is 6.48 Å². The lowest BCUT2D eigenvalue weighted by molar-refractivity contribution is 0.627. The summed E-state index contributed by atoms with van der Waals surface area (Å²) in [6.45, 7) is 0. The first-order valence-electron chi connectivity index (χ1n) is 28.8. The minimum Gasteiger partial charge on any atom is -0.330 e. The van der Waals surface area contributed by atoms with Gasteiger partial charge < -0.3 is 9.80 Å². The molecule has 0 fully saturated rings. The monoisotopic (exact) mass is 1080 g/mol. The molecule has 2 unspecified atom stereocenters. The summed E-state index contributed by atoms with van der Waals surface area (Å²) in [6.07, 6.45) is 18.1. The summed E-state index contributed by atoms with van der Waals surface area (Å²) >= 11 is 0. The highest BCUT2D eigenvalue weighted by atomic mass is 19.1. The van der Waals surface area contributed by atoms with Gasteiger partial charge in [-0.2, -0.15) is 0 Å². The molecule has 4 aliphatic rings. The van der Waals surface area contributed by atoms with Crippen molar-refractivity contribution in [3.8, 4) is 44.5 Å². The van der Waals surface area contributed by atoms with Crippen molar-refractivity contribution in [1.82, 2.24) is 0 Å². The van der Waals surface area contributed by atoms with E-state index >= 15 is 8.78 Å². The maximum absolute atomic E-state index is 16.0. The van der Waals surface area contributed by atoms with Crippen molar-refractivity contribution < 1.29 is 8.78 Å². The first kappa shape index (κ1) is 49.2. The Morgan fingerprint density at radius 1 is 0.345 bits per heavy atom. The fourth-order valence-electron chi connectivity index (χ4n) is 13.7. The summed E-state index contributed by atoms with van der Waals surface area (Å²) in [5.74, 6) is -0.806. The highest BCUT2D eigenvalue weighted by molar-refractivity contribution is 6.06. The number of halogens is 2. The van der Waals surface area contributed by atoms with E-state index in [1.807, 2.05) is 18.2 Å². The van der Waals surface area contributed by atoms with Crippen LogP contribution in [-0.4, -0.2) is 6.04 Å². The fraction of sp³-hybridized carbons (Fsp3) is 0.0250. The van der Waals surface area contributed by atoms with Crippen molar-refractivity contribution in [2.24, 2.45) is 5.92 Å². The number of allylic oxidation sites excluding steroid dienone is 10. The van der Waals surface area contributed by atoms with E-state index in [2.05, 4.69) is 265 Å². The molecule has 0 spiro atoms. The second kappa shape index (κ2) is 20.1. The van der Waals surface area contributed by atoms with E-state index in [1.54, 1.807) is 18.2 Å². The molecule has 0 amide bonds. The quantitative estimate of drug-likeness (QED) is 0.135. The predicted molar refractivity (Wildman–Crippen MR) is 347 cm³/mol.